The highest BCUT2D eigenvalue weighted by Gasteiger charge is 2.10. The molecule has 8 nitrogen and oxygen atoms in total. The Hall–Kier alpha value is -3.68. The van der Waals surface area contributed by atoms with E-state index in [1.54, 1.807) is 40.2 Å². The van der Waals surface area contributed by atoms with E-state index < -0.39 is 0 Å². The molecule has 128 valence electrons. The second kappa shape index (κ2) is 7.06. The van der Waals surface area contributed by atoms with Gasteiger partial charge in [0, 0.05) is 50.0 Å². The van der Waals surface area contributed by atoms with Gasteiger partial charge in [-0.05, 0) is 29.8 Å². The van der Waals surface area contributed by atoms with Gasteiger partial charge in [0.05, 0.1) is 11.9 Å². The molecule has 0 saturated carbocycles. The van der Waals surface area contributed by atoms with E-state index in [4.69, 9.17) is 0 Å². The number of nitrogens with zero attached hydrogens (tertiary/aromatic N) is 8. The Labute approximate surface area is 149 Å². The van der Waals surface area contributed by atoms with Crippen LogP contribution in [0.5, 0.6) is 0 Å². The third-order valence-electron chi connectivity index (χ3n) is 3.79. The van der Waals surface area contributed by atoms with Crippen LogP contribution in [0.2, 0.25) is 0 Å². The fourth-order valence-corrected chi connectivity index (χ4v) is 2.54. The Morgan fingerprint density at radius 1 is 0.923 bits per heavy atom. The van der Waals surface area contributed by atoms with Gasteiger partial charge in [-0.15, -0.1) is 10.2 Å². The van der Waals surface area contributed by atoms with Crippen molar-refractivity contribution < 1.29 is 0 Å². The van der Waals surface area contributed by atoms with Crippen molar-refractivity contribution in [1.82, 2.24) is 39.6 Å². The molecule has 0 aliphatic heterocycles. The maximum atomic E-state index is 4.68. The molecule has 4 aromatic rings. The van der Waals surface area contributed by atoms with Crippen LogP contribution in [0.4, 0.5) is 0 Å². The molecule has 4 aromatic heterocycles. The van der Waals surface area contributed by atoms with Crippen molar-refractivity contribution in [2.75, 3.05) is 0 Å². The zero-order chi connectivity index (χ0) is 17.8. The average molecular weight is 344 g/mol. The zero-order valence-corrected chi connectivity index (χ0v) is 14.1. The van der Waals surface area contributed by atoms with Gasteiger partial charge in [0.1, 0.15) is 0 Å². The van der Waals surface area contributed by atoms with Crippen LogP contribution in [-0.4, -0.2) is 39.6 Å². The van der Waals surface area contributed by atoms with Crippen LogP contribution in [0, 0.1) is 0 Å². The standard InChI is InChI=1S/C18H16N8/c1-25-13-15(12-21-25)16-4-5-17-22-23-18(26(17)24-16)11-14-3-2-7-19-9-10-20-8-6-14/h2-10,12-13H,11H2,1H3. The van der Waals surface area contributed by atoms with Gasteiger partial charge in [0.25, 0.3) is 0 Å². The predicted molar refractivity (Wildman–Crippen MR) is 95.5 cm³/mol. The molecule has 26 heavy (non-hydrogen) atoms. The smallest absolute Gasteiger partial charge is 0.177 e. The van der Waals surface area contributed by atoms with E-state index >= 15 is 0 Å². The third kappa shape index (κ3) is 3.39. The fraction of sp³-hybridized carbons (Fsp3) is 0.111. The molecule has 0 aromatic carbocycles. The summed E-state index contributed by atoms with van der Waals surface area (Å²) in [5, 5.41) is 17.4. The van der Waals surface area contributed by atoms with E-state index in [2.05, 4.69) is 30.4 Å². The topological polar surface area (TPSA) is 86.7 Å². The predicted octanol–water partition coefficient (Wildman–Crippen LogP) is 2.03. The summed E-state index contributed by atoms with van der Waals surface area (Å²) in [7, 11) is 1.88. The van der Waals surface area contributed by atoms with Gasteiger partial charge >= 0.3 is 0 Å². The van der Waals surface area contributed by atoms with Crippen molar-refractivity contribution in [2.24, 2.45) is 7.05 Å². The first-order chi connectivity index (χ1) is 12.8. The van der Waals surface area contributed by atoms with E-state index in [9.17, 15) is 0 Å². The second-order valence-corrected chi connectivity index (χ2v) is 5.68. The Bertz CT molecular complexity index is 1070. The first kappa shape index (κ1) is 15.8. The van der Waals surface area contributed by atoms with Crippen molar-refractivity contribution in [3.63, 3.8) is 0 Å². The first-order valence-electron chi connectivity index (χ1n) is 8.07. The van der Waals surface area contributed by atoms with Crippen LogP contribution in [-0.2, 0) is 13.5 Å². The van der Waals surface area contributed by atoms with Crippen LogP contribution in [0.25, 0.3) is 16.9 Å². The van der Waals surface area contributed by atoms with E-state index in [0.717, 1.165) is 22.6 Å². The minimum absolute atomic E-state index is 0.574. The normalized spacial score (nSPS) is 10.7. The molecule has 0 fully saturated rings. The number of aryl methyl sites for hydroxylation is 1. The highest BCUT2D eigenvalue weighted by Crippen LogP contribution is 2.17. The summed E-state index contributed by atoms with van der Waals surface area (Å²) in [6, 6.07) is 9.62. The Morgan fingerprint density at radius 2 is 1.81 bits per heavy atom. The quantitative estimate of drug-likeness (QED) is 0.565. The lowest BCUT2D eigenvalue weighted by Crippen LogP contribution is -2.01. The van der Waals surface area contributed by atoms with Crippen molar-refractivity contribution >= 4 is 5.65 Å². The number of fused-ring (bicyclic) bond motifs is 1. The first-order valence-corrected chi connectivity index (χ1v) is 8.07. The fourth-order valence-electron chi connectivity index (χ4n) is 2.54. The molecule has 0 saturated heterocycles. The monoisotopic (exact) mass is 344 g/mol. The molecule has 4 rings (SSSR count). The maximum absolute atomic E-state index is 4.68. The van der Waals surface area contributed by atoms with E-state index in [-0.39, 0.29) is 0 Å². The Balaban J connectivity index is 1.73. The van der Waals surface area contributed by atoms with Gasteiger partial charge in [-0.1, -0.05) is 6.07 Å². The number of hydrogen-bond donors (Lipinski definition) is 0. The van der Waals surface area contributed by atoms with Gasteiger partial charge in [0.15, 0.2) is 11.5 Å². The number of rotatable bonds is 3. The Morgan fingerprint density at radius 3 is 2.65 bits per heavy atom. The molecule has 4 heterocycles. The summed E-state index contributed by atoms with van der Waals surface area (Å²) in [4.78, 5) is 8.21. The average Bonchev–Trinajstić information content (AvgIpc) is 3.26. The largest absolute Gasteiger partial charge is 0.275 e. The van der Waals surface area contributed by atoms with Gasteiger partial charge in [0.2, 0.25) is 0 Å². The van der Waals surface area contributed by atoms with Crippen molar-refractivity contribution in [3.8, 4) is 11.3 Å². The summed E-state index contributed by atoms with van der Waals surface area (Å²) < 4.78 is 3.51. The summed E-state index contributed by atoms with van der Waals surface area (Å²) in [5.74, 6) is 0.750. The van der Waals surface area contributed by atoms with Crippen molar-refractivity contribution in [2.45, 2.75) is 6.42 Å². The molecular weight excluding hydrogens is 328 g/mol. The lowest BCUT2D eigenvalue weighted by molar-refractivity contribution is 0.768. The van der Waals surface area contributed by atoms with Crippen molar-refractivity contribution in [3.05, 3.63) is 78.9 Å². The Kier molecular flexibility index (Phi) is 4.29. The SMILES string of the molecule is Cn1cc(-c2ccc3nnc(Cc4cccnccncc4)n3n2)cn1. The third-order valence-corrected chi connectivity index (χ3v) is 3.79. The van der Waals surface area contributed by atoms with E-state index in [1.807, 2.05) is 43.6 Å². The molecule has 8 heteroatoms. The molecule has 0 atom stereocenters. The van der Waals surface area contributed by atoms with Gasteiger partial charge in [-0.2, -0.15) is 14.7 Å². The van der Waals surface area contributed by atoms with Crippen LogP contribution >= 0.6 is 0 Å². The van der Waals surface area contributed by atoms with Crippen LogP contribution in [0.3, 0.4) is 0 Å². The lowest BCUT2D eigenvalue weighted by Gasteiger charge is -2.01. The molecule has 0 radical (unpaired) electrons. The van der Waals surface area contributed by atoms with Crippen LogP contribution in [0.15, 0.2) is 67.5 Å². The summed E-state index contributed by atoms with van der Waals surface area (Å²) in [6.07, 6.45) is 11.0. The molecule has 0 aliphatic rings. The molecule has 0 bridgehead atoms. The molecule has 0 N–H and O–H groups in total. The molecule has 0 unspecified atom stereocenters. The van der Waals surface area contributed by atoms with Gasteiger partial charge in [-0.25, -0.2) is 0 Å². The number of aromatic nitrogens is 8. The van der Waals surface area contributed by atoms with E-state index in [1.165, 1.54) is 0 Å². The molecule has 0 spiro atoms. The summed E-state index contributed by atoms with van der Waals surface area (Å²) >= 11 is 0. The summed E-state index contributed by atoms with van der Waals surface area (Å²) in [5.41, 5.74) is 3.50. The minimum atomic E-state index is 0.574. The molecule has 0 aliphatic carbocycles. The highest BCUT2D eigenvalue weighted by atomic mass is 15.4. The minimum Gasteiger partial charge on any atom is -0.275 e. The zero-order valence-electron chi connectivity index (χ0n) is 14.1. The molecule has 0 amide bonds. The van der Waals surface area contributed by atoms with Gasteiger partial charge in [-0.3, -0.25) is 14.6 Å². The molecular formula is C18H16N8. The maximum Gasteiger partial charge on any atom is 0.177 e. The van der Waals surface area contributed by atoms with Crippen molar-refractivity contribution in [1.29, 1.82) is 0 Å². The number of hydrogen-bond acceptors (Lipinski definition) is 6. The van der Waals surface area contributed by atoms with Gasteiger partial charge < -0.3 is 0 Å². The summed E-state index contributed by atoms with van der Waals surface area (Å²) in [6.45, 7) is 0. The lowest BCUT2D eigenvalue weighted by atomic mass is 10.2. The second-order valence-electron chi connectivity index (χ2n) is 5.68. The van der Waals surface area contributed by atoms with Crippen LogP contribution in [0.1, 0.15) is 11.4 Å². The highest BCUT2D eigenvalue weighted by molar-refractivity contribution is 5.58. The van der Waals surface area contributed by atoms with Crippen LogP contribution < -0.4 is 0 Å². The van der Waals surface area contributed by atoms with E-state index in [0.29, 0.717) is 12.1 Å².